The molecule has 0 heterocycles. The largest absolute Gasteiger partial charge is 0.310 e. The van der Waals surface area contributed by atoms with Crippen LogP contribution in [0, 0.1) is 13.8 Å². The molecule has 70 heavy (non-hydrogen) atoms. The number of hydrogen-bond donors (Lipinski definition) is 0. The third-order valence-corrected chi connectivity index (χ3v) is 14.5. The van der Waals surface area contributed by atoms with Crippen molar-refractivity contribution in [2.24, 2.45) is 0 Å². The molecule has 0 radical (unpaired) electrons. The molecule has 0 N–H and O–H groups in total. The maximum Gasteiger partial charge on any atom is 0.0540 e. The molecule has 0 spiro atoms. The van der Waals surface area contributed by atoms with Gasteiger partial charge in [-0.25, -0.2) is 0 Å². The summed E-state index contributed by atoms with van der Waals surface area (Å²) in [6, 6.07) is 74.0. The van der Waals surface area contributed by atoms with Gasteiger partial charge in [-0.1, -0.05) is 193 Å². The second kappa shape index (κ2) is 17.1. The van der Waals surface area contributed by atoms with E-state index in [-0.39, 0.29) is 0 Å². The number of allylic oxidation sites excluding steroid dienone is 3. The molecule has 13 rings (SSSR count). The molecule has 2 aliphatic rings. The highest BCUT2D eigenvalue weighted by atomic mass is 15.1. The van der Waals surface area contributed by atoms with Crippen molar-refractivity contribution in [3.8, 4) is 0 Å². The Morgan fingerprint density at radius 3 is 1.34 bits per heavy atom. The molecular formula is C68H50N2. The first kappa shape index (κ1) is 41.5. The summed E-state index contributed by atoms with van der Waals surface area (Å²) in [5, 5.41) is 10.4. The van der Waals surface area contributed by atoms with E-state index in [0.717, 1.165) is 57.8 Å². The Hall–Kier alpha value is -8.72. The molecule has 2 nitrogen and oxygen atoms in total. The Morgan fingerprint density at radius 2 is 0.800 bits per heavy atom. The fourth-order valence-corrected chi connectivity index (χ4v) is 10.9. The zero-order valence-electron chi connectivity index (χ0n) is 39.4. The minimum absolute atomic E-state index is 0.983. The monoisotopic (exact) mass is 894 g/mol. The summed E-state index contributed by atoms with van der Waals surface area (Å²) in [4.78, 5) is 4.82. The van der Waals surface area contributed by atoms with Gasteiger partial charge in [-0.2, -0.15) is 0 Å². The second-order valence-electron chi connectivity index (χ2n) is 19.0. The smallest absolute Gasteiger partial charge is 0.0540 e. The van der Waals surface area contributed by atoms with Gasteiger partial charge in [-0.3, -0.25) is 0 Å². The molecule has 0 bridgehead atoms. The SMILES string of the molecule is Cc1ccc(N(c2ccc(C=Cc3ccc(C=Cc4ccc(N(c5ccc(C)cc5)c5ccc6ccc7cccc8ccc5c6c78)cc4)cc3)cc2)c2ccc3c4c5c(ccc24)C=CCC5=CC3)cc1. The van der Waals surface area contributed by atoms with Gasteiger partial charge in [-0.05, 0) is 164 Å². The number of benzene rings is 11. The molecule has 0 saturated heterocycles. The number of hydrogen-bond acceptors (Lipinski definition) is 2. The van der Waals surface area contributed by atoms with Gasteiger partial charge in [0.2, 0.25) is 0 Å². The molecule has 11 aromatic carbocycles. The Kier molecular flexibility index (Phi) is 10.1. The van der Waals surface area contributed by atoms with E-state index in [1.165, 1.54) is 87.9 Å². The Morgan fingerprint density at radius 1 is 0.371 bits per heavy atom. The molecule has 2 heteroatoms. The van der Waals surface area contributed by atoms with Gasteiger partial charge in [0.05, 0.1) is 11.4 Å². The van der Waals surface area contributed by atoms with E-state index in [2.05, 4.69) is 266 Å². The first-order chi connectivity index (χ1) is 34.5. The summed E-state index contributed by atoms with van der Waals surface area (Å²) in [5.74, 6) is 0. The molecule has 0 fully saturated rings. The first-order valence-electron chi connectivity index (χ1n) is 24.5. The molecule has 0 saturated carbocycles. The van der Waals surface area contributed by atoms with Crippen LogP contribution in [-0.2, 0) is 6.42 Å². The topological polar surface area (TPSA) is 6.48 Å². The zero-order valence-corrected chi connectivity index (χ0v) is 39.4. The molecule has 11 aromatic rings. The molecular weight excluding hydrogens is 845 g/mol. The minimum atomic E-state index is 0.983. The molecule has 332 valence electrons. The lowest BCUT2D eigenvalue weighted by atomic mass is 9.81. The van der Waals surface area contributed by atoms with E-state index < -0.39 is 0 Å². The number of rotatable bonds is 10. The maximum absolute atomic E-state index is 2.43. The number of aryl methyl sites for hydroxylation is 2. The predicted octanol–water partition coefficient (Wildman–Crippen LogP) is 19.0. The van der Waals surface area contributed by atoms with Crippen LogP contribution in [0.4, 0.5) is 34.1 Å². The summed E-state index contributed by atoms with van der Waals surface area (Å²) in [5.41, 5.74) is 19.7. The van der Waals surface area contributed by atoms with Crippen LogP contribution in [0.2, 0.25) is 0 Å². The van der Waals surface area contributed by atoms with Crippen molar-refractivity contribution in [2.45, 2.75) is 26.7 Å². The summed E-state index contributed by atoms with van der Waals surface area (Å²) in [6.45, 7) is 4.30. The van der Waals surface area contributed by atoms with Crippen molar-refractivity contribution in [1.82, 2.24) is 0 Å². The fraction of sp³-hybridized carbons (Fsp3) is 0.0588. The highest BCUT2D eigenvalue weighted by Gasteiger charge is 2.24. The third kappa shape index (κ3) is 7.37. The summed E-state index contributed by atoms with van der Waals surface area (Å²) >= 11 is 0. The van der Waals surface area contributed by atoms with Crippen LogP contribution in [0.25, 0.3) is 79.0 Å². The fourth-order valence-electron chi connectivity index (χ4n) is 10.9. The van der Waals surface area contributed by atoms with E-state index in [4.69, 9.17) is 0 Å². The Labute approximate surface area is 410 Å². The molecule has 0 amide bonds. The molecule has 0 aromatic heterocycles. The van der Waals surface area contributed by atoms with Crippen molar-refractivity contribution in [2.75, 3.05) is 9.80 Å². The quantitative estimate of drug-likeness (QED) is 0.0997. The summed E-state index contributed by atoms with van der Waals surface area (Å²) < 4.78 is 0. The van der Waals surface area contributed by atoms with E-state index >= 15 is 0 Å². The zero-order chi connectivity index (χ0) is 46.7. The average molecular weight is 895 g/mol. The van der Waals surface area contributed by atoms with Crippen molar-refractivity contribution in [1.29, 1.82) is 0 Å². The molecule has 0 unspecified atom stereocenters. The van der Waals surface area contributed by atoms with Gasteiger partial charge in [0.25, 0.3) is 0 Å². The van der Waals surface area contributed by atoms with Crippen LogP contribution in [0.1, 0.15) is 56.5 Å². The van der Waals surface area contributed by atoms with Crippen molar-refractivity contribution >= 4 is 113 Å². The lowest BCUT2D eigenvalue weighted by Crippen LogP contribution is -2.12. The maximum atomic E-state index is 2.43. The van der Waals surface area contributed by atoms with Crippen molar-refractivity contribution < 1.29 is 0 Å². The van der Waals surface area contributed by atoms with Crippen LogP contribution >= 0.6 is 0 Å². The normalized spacial score (nSPS) is 13.1. The van der Waals surface area contributed by atoms with Gasteiger partial charge < -0.3 is 9.80 Å². The van der Waals surface area contributed by atoms with Gasteiger partial charge >= 0.3 is 0 Å². The van der Waals surface area contributed by atoms with Crippen LogP contribution in [0.5, 0.6) is 0 Å². The number of anilines is 6. The standard InChI is InChI=1S/C68H50N2/c1-45-9-33-57(34-10-45)69(63-43-31-55-27-25-51-5-3-7-53-29-41-61(63)67(55)65(51)53)59-37-21-49(22-38-59)19-17-47-13-15-48(16-14-47)18-20-50-23-39-60(40-24-50)70(58-35-11-46(2)12-36-58)64-44-32-56-28-26-52-6-4-8-54-30-42-62(64)68(56)66(52)54/h3-5,7-27,29-44H,6,28H2,1-2H3. The van der Waals surface area contributed by atoms with Crippen LogP contribution < -0.4 is 9.80 Å². The number of nitrogens with zero attached hydrogens (tertiary/aromatic N) is 2. The van der Waals surface area contributed by atoms with Crippen LogP contribution in [0.15, 0.2) is 212 Å². The van der Waals surface area contributed by atoms with E-state index in [1.807, 2.05) is 0 Å². The minimum Gasteiger partial charge on any atom is -0.310 e. The predicted molar refractivity (Wildman–Crippen MR) is 303 cm³/mol. The van der Waals surface area contributed by atoms with E-state index in [0.29, 0.717) is 0 Å². The lowest BCUT2D eigenvalue weighted by Gasteiger charge is -2.30. The van der Waals surface area contributed by atoms with Gasteiger partial charge in [0.15, 0.2) is 0 Å². The highest BCUT2D eigenvalue weighted by molar-refractivity contribution is 6.25. The first-order valence-corrected chi connectivity index (χ1v) is 24.5. The van der Waals surface area contributed by atoms with Crippen molar-refractivity contribution in [3.63, 3.8) is 0 Å². The molecule has 0 aliphatic heterocycles. The van der Waals surface area contributed by atoms with Crippen LogP contribution in [-0.4, -0.2) is 0 Å². The highest BCUT2D eigenvalue weighted by Crippen LogP contribution is 2.47. The van der Waals surface area contributed by atoms with E-state index in [1.54, 1.807) is 0 Å². The van der Waals surface area contributed by atoms with E-state index in [9.17, 15) is 0 Å². The van der Waals surface area contributed by atoms with Gasteiger partial charge in [-0.15, -0.1) is 0 Å². The molecule has 0 atom stereocenters. The lowest BCUT2D eigenvalue weighted by molar-refractivity contribution is 1.22. The van der Waals surface area contributed by atoms with Crippen molar-refractivity contribution in [3.05, 3.63) is 262 Å². The average Bonchev–Trinajstić information content (AvgIpc) is 3.41. The van der Waals surface area contributed by atoms with Gasteiger partial charge in [0, 0.05) is 33.5 Å². The van der Waals surface area contributed by atoms with Crippen LogP contribution in [0.3, 0.4) is 0 Å². The second-order valence-corrected chi connectivity index (χ2v) is 19.0. The summed E-state index contributed by atoms with van der Waals surface area (Å²) in [7, 11) is 0. The molecule has 2 aliphatic carbocycles. The van der Waals surface area contributed by atoms with Gasteiger partial charge in [0.1, 0.15) is 0 Å². The third-order valence-electron chi connectivity index (χ3n) is 14.5. The summed E-state index contributed by atoms with van der Waals surface area (Å²) in [6.07, 6.45) is 17.8. The Balaban J connectivity index is 0.741. The Bertz CT molecular complexity index is 3890.